The van der Waals surface area contributed by atoms with Crippen LogP contribution in [0.2, 0.25) is 10.0 Å². The molecule has 1 heterocycles. The number of anilines is 1. The third-order valence-electron chi connectivity index (χ3n) is 2.23. The summed E-state index contributed by atoms with van der Waals surface area (Å²) in [6.45, 7) is 2.49. The maximum atomic E-state index is 5.93. The zero-order valence-corrected chi connectivity index (χ0v) is 9.18. The molecule has 0 atom stereocenters. The monoisotopic (exact) mass is 231 g/mol. The molecule has 0 spiro atoms. The molecule has 1 aliphatic rings. The van der Waals surface area contributed by atoms with Gasteiger partial charge in [-0.2, -0.15) is 0 Å². The van der Waals surface area contributed by atoms with Crippen molar-refractivity contribution < 1.29 is 4.74 Å². The van der Waals surface area contributed by atoms with E-state index in [1.54, 1.807) is 0 Å². The summed E-state index contributed by atoms with van der Waals surface area (Å²) in [5, 5.41) is 1.18. The van der Waals surface area contributed by atoms with E-state index in [9.17, 15) is 0 Å². The molecule has 76 valence electrons. The predicted molar refractivity (Wildman–Crippen MR) is 59.2 cm³/mol. The van der Waals surface area contributed by atoms with Gasteiger partial charge in [-0.15, -0.1) is 0 Å². The molecule has 0 unspecified atom stereocenters. The van der Waals surface area contributed by atoms with Crippen molar-refractivity contribution in [2.75, 3.05) is 24.8 Å². The van der Waals surface area contributed by atoms with Gasteiger partial charge in [0.1, 0.15) is 6.73 Å². The summed E-state index contributed by atoms with van der Waals surface area (Å²) < 4.78 is 5.36. The molecule has 0 bridgehead atoms. The van der Waals surface area contributed by atoms with Gasteiger partial charge in [0.2, 0.25) is 0 Å². The molecule has 0 radical (unpaired) electrons. The maximum Gasteiger partial charge on any atom is 0.118 e. The average Bonchev–Trinajstić information content (AvgIpc) is 2.23. The second-order valence-electron chi connectivity index (χ2n) is 3.25. The van der Waals surface area contributed by atoms with E-state index in [2.05, 4.69) is 4.90 Å². The molecular formula is C10H11Cl2NO. The Kier molecular flexibility index (Phi) is 3.16. The van der Waals surface area contributed by atoms with E-state index in [1.807, 2.05) is 18.2 Å². The minimum atomic E-state index is 0.591. The molecule has 0 amide bonds. The molecule has 2 nitrogen and oxygen atoms in total. The highest BCUT2D eigenvalue weighted by Crippen LogP contribution is 2.27. The maximum absolute atomic E-state index is 5.93. The fourth-order valence-electron chi connectivity index (χ4n) is 1.48. The minimum Gasteiger partial charge on any atom is -0.361 e. The highest BCUT2D eigenvalue weighted by Gasteiger charge is 2.11. The van der Waals surface area contributed by atoms with Gasteiger partial charge in [-0.25, -0.2) is 0 Å². The second-order valence-corrected chi connectivity index (χ2v) is 4.07. The Morgan fingerprint density at radius 1 is 1.21 bits per heavy atom. The van der Waals surface area contributed by atoms with Crippen LogP contribution in [0.25, 0.3) is 0 Å². The predicted octanol–water partition coefficient (Wildman–Crippen LogP) is 3.18. The van der Waals surface area contributed by atoms with Gasteiger partial charge in [-0.05, 0) is 24.6 Å². The fraction of sp³-hybridized carbons (Fsp3) is 0.400. The molecule has 1 aliphatic heterocycles. The van der Waals surface area contributed by atoms with Crippen LogP contribution in [0.3, 0.4) is 0 Å². The highest BCUT2D eigenvalue weighted by atomic mass is 35.5. The topological polar surface area (TPSA) is 12.5 Å². The van der Waals surface area contributed by atoms with E-state index in [4.69, 9.17) is 27.9 Å². The van der Waals surface area contributed by atoms with Crippen LogP contribution in [-0.4, -0.2) is 19.9 Å². The van der Waals surface area contributed by atoms with Gasteiger partial charge in [0.05, 0.1) is 16.7 Å². The quantitative estimate of drug-likeness (QED) is 0.737. The lowest BCUT2D eigenvalue weighted by Gasteiger charge is -2.28. The number of rotatable bonds is 1. The van der Waals surface area contributed by atoms with Crippen LogP contribution >= 0.6 is 23.2 Å². The second kappa shape index (κ2) is 4.39. The van der Waals surface area contributed by atoms with Gasteiger partial charge in [0.25, 0.3) is 0 Å². The Hall–Kier alpha value is -0.440. The van der Waals surface area contributed by atoms with Crippen molar-refractivity contribution in [1.29, 1.82) is 0 Å². The van der Waals surface area contributed by atoms with Crippen LogP contribution in [0.15, 0.2) is 18.2 Å². The fourth-order valence-corrected chi connectivity index (χ4v) is 1.77. The Bertz CT molecular complexity index is 324. The van der Waals surface area contributed by atoms with Crippen LogP contribution in [-0.2, 0) is 4.74 Å². The van der Waals surface area contributed by atoms with E-state index >= 15 is 0 Å². The van der Waals surface area contributed by atoms with Gasteiger partial charge < -0.3 is 9.64 Å². The van der Waals surface area contributed by atoms with E-state index in [0.717, 1.165) is 25.3 Å². The van der Waals surface area contributed by atoms with Gasteiger partial charge in [0.15, 0.2) is 0 Å². The van der Waals surface area contributed by atoms with Crippen LogP contribution in [0.1, 0.15) is 6.42 Å². The third-order valence-corrected chi connectivity index (χ3v) is 2.97. The SMILES string of the molecule is Clc1ccc(N2CCCOC2)cc1Cl. The smallest absolute Gasteiger partial charge is 0.118 e. The third kappa shape index (κ3) is 2.14. The molecule has 2 rings (SSSR count). The molecule has 0 N–H and O–H groups in total. The summed E-state index contributed by atoms with van der Waals surface area (Å²) >= 11 is 11.8. The highest BCUT2D eigenvalue weighted by molar-refractivity contribution is 6.42. The average molecular weight is 232 g/mol. The molecule has 1 aromatic carbocycles. The summed E-state index contributed by atoms with van der Waals surface area (Å²) in [5.41, 5.74) is 1.07. The Balaban J connectivity index is 2.18. The molecule has 0 saturated carbocycles. The number of halogens is 2. The largest absolute Gasteiger partial charge is 0.361 e. The van der Waals surface area contributed by atoms with E-state index in [0.29, 0.717) is 16.8 Å². The van der Waals surface area contributed by atoms with E-state index in [1.165, 1.54) is 0 Å². The first kappa shape index (κ1) is 10.1. The number of hydrogen-bond acceptors (Lipinski definition) is 2. The minimum absolute atomic E-state index is 0.591. The first-order valence-corrected chi connectivity index (χ1v) is 5.31. The van der Waals surface area contributed by atoms with E-state index in [-0.39, 0.29) is 0 Å². The summed E-state index contributed by atoms with van der Waals surface area (Å²) in [6.07, 6.45) is 1.06. The lowest BCUT2D eigenvalue weighted by atomic mass is 10.2. The summed E-state index contributed by atoms with van der Waals surface area (Å²) in [4.78, 5) is 2.14. The zero-order valence-electron chi connectivity index (χ0n) is 7.67. The van der Waals surface area contributed by atoms with Gasteiger partial charge in [-0.1, -0.05) is 23.2 Å². The van der Waals surface area contributed by atoms with Crippen molar-refractivity contribution in [3.63, 3.8) is 0 Å². The van der Waals surface area contributed by atoms with Crippen molar-refractivity contribution in [2.24, 2.45) is 0 Å². The Morgan fingerprint density at radius 2 is 2.07 bits per heavy atom. The molecule has 1 aromatic rings. The lowest BCUT2D eigenvalue weighted by Crippen LogP contribution is -2.32. The first-order chi connectivity index (χ1) is 6.77. The van der Waals surface area contributed by atoms with Crippen LogP contribution in [0, 0.1) is 0 Å². The molecule has 0 aromatic heterocycles. The molecule has 14 heavy (non-hydrogen) atoms. The lowest BCUT2D eigenvalue weighted by molar-refractivity contribution is 0.107. The van der Waals surface area contributed by atoms with Crippen LogP contribution < -0.4 is 4.90 Å². The number of nitrogens with zero attached hydrogens (tertiary/aromatic N) is 1. The summed E-state index contributed by atoms with van der Waals surface area (Å²) in [5.74, 6) is 0. The first-order valence-electron chi connectivity index (χ1n) is 4.55. The standard InChI is InChI=1S/C10H11Cl2NO/c11-9-3-2-8(6-10(9)12)13-4-1-5-14-7-13/h2-3,6H,1,4-5,7H2. The Labute approximate surface area is 93.4 Å². The van der Waals surface area contributed by atoms with Gasteiger partial charge in [0, 0.05) is 12.2 Å². The van der Waals surface area contributed by atoms with Crippen molar-refractivity contribution in [2.45, 2.75) is 6.42 Å². The van der Waals surface area contributed by atoms with Crippen molar-refractivity contribution in [1.82, 2.24) is 0 Å². The molecule has 1 saturated heterocycles. The number of ether oxygens (including phenoxy) is 1. The van der Waals surface area contributed by atoms with Crippen LogP contribution in [0.5, 0.6) is 0 Å². The van der Waals surface area contributed by atoms with Crippen LogP contribution in [0.4, 0.5) is 5.69 Å². The normalized spacial score (nSPS) is 17.1. The number of hydrogen-bond donors (Lipinski definition) is 0. The number of benzene rings is 1. The molecule has 1 fully saturated rings. The Morgan fingerprint density at radius 3 is 2.71 bits per heavy atom. The van der Waals surface area contributed by atoms with Crippen molar-refractivity contribution in [3.8, 4) is 0 Å². The van der Waals surface area contributed by atoms with E-state index < -0.39 is 0 Å². The van der Waals surface area contributed by atoms with Crippen molar-refractivity contribution >= 4 is 28.9 Å². The van der Waals surface area contributed by atoms with Crippen molar-refractivity contribution in [3.05, 3.63) is 28.2 Å². The summed E-state index contributed by atoms with van der Waals surface area (Å²) in [6, 6.07) is 5.65. The van der Waals surface area contributed by atoms with Gasteiger partial charge >= 0.3 is 0 Å². The molecule has 4 heteroatoms. The van der Waals surface area contributed by atoms with Gasteiger partial charge in [-0.3, -0.25) is 0 Å². The molecule has 0 aliphatic carbocycles. The summed E-state index contributed by atoms with van der Waals surface area (Å²) in [7, 11) is 0. The zero-order chi connectivity index (χ0) is 9.97. The molecular weight excluding hydrogens is 221 g/mol.